The average Bonchev–Trinajstić information content (AvgIpc) is 2.81. The summed E-state index contributed by atoms with van der Waals surface area (Å²) in [6.45, 7) is 4.00. The summed E-state index contributed by atoms with van der Waals surface area (Å²) in [4.78, 5) is 14.5. The Labute approximate surface area is 127 Å². The van der Waals surface area contributed by atoms with Gasteiger partial charge in [0.05, 0.1) is 18.7 Å². The fourth-order valence-electron chi connectivity index (χ4n) is 3.94. The third kappa shape index (κ3) is 2.79. The van der Waals surface area contributed by atoms with Crippen LogP contribution in [0.25, 0.3) is 0 Å². The summed E-state index contributed by atoms with van der Waals surface area (Å²) in [5.74, 6) is 0.150. The molecule has 1 saturated carbocycles. The highest BCUT2D eigenvalue weighted by molar-refractivity contribution is 5.84. The first-order valence-electron chi connectivity index (χ1n) is 8.05. The minimum Gasteiger partial charge on any atom is -0.396 e. The zero-order chi connectivity index (χ0) is 15.6. The highest BCUT2D eigenvalue weighted by Crippen LogP contribution is 2.40. The Morgan fingerprint density at radius 1 is 1.43 bits per heavy atom. The van der Waals surface area contributed by atoms with E-state index in [1.54, 1.807) is 4.90 Å². The summed E-state index contributed by atoms with van der Waals surface area (Å²) >= 11 is 0. The molecule has 2 fully saturated rings. The SMILES string of the molecule is CC1CC(C#N)N(C(=O)C(N)C2(CO)CCCCC2)C1C. The molecule has 118 valence electrons. The molecule has 3 N–H and O–H groups in total. The molecular weight excluding hydrogens is 266 g/mol. The molecule has 5 nitrogen and oxygen atoms in total. The van der Waals surface area contributed by atoms with Crippen LogP contribution >= 0.6 is 0 Å². The molecule has 0 aromatic rings. The first-order chi connectivity index (χ1) is 9.96. The van der Waals surface area contributed by atoms with E-state index < -0.39 is 11.5 Å². The third-order valence-corrected chi connectivity index (χ3v) is 5.69. The number of nitriles is 1. The van der Waals surface area contributed by atoms with Crippen LogP contribution in [0.5, 0.6) is 0 Å². The molecule has 5 heteroatoms. The molecule has 1 aliphatic carbocycles. The van der Waals surface area contributed by atoms with Crippen molar-refractivity contribution in [2.45, 2.75) is 70.5 Å². The molecule has 1 amide bonds. The maximum atomic E-state index is 12.9. The maximum Gasteiger partial charge on any atom is 0.241 e. The van der Waals surface area contributed by atoms with Crippen LogP contribution < -0.4 is 5.73 Å². The number of aliphatic hydroxyl groups excluding tert-OH is 1. The predicted molar refractivity (Wildman–Crippen MR) is 80.1 cm³/mol. The second-order valence-electron chi connectivity index (χ2n) is 6.90. The van der Waals surface area contributed by atoms with Crippen LogP contribution in [0, 0.1) is 22.7 Å². The molecule has 0 aromatic carbocycles. The Morgan fingerprint density at radius 2 is 2.05 bits per heavy atom. The first-order valence-corrected chi connectivity index (χ1v) is 8.05. The average molecular weight is 293 g/mol. The van der Waals surface area contributed by atoms with Crippen molar-refractivity contribution in [3.63, 3.8) is 0 Å². The van der Waals surface area contributed by atoms with Gasteiger partial charge in [-0.1, -0.05) is 26.2 Å². The molecule has 2 aliphatic rings. The van der Waals surface area contributed by atoms with Crippen molar-refractivity contribution >= 4 is 5.91 Å². The van der Waals surface area contributed by atoms with Crippen LogP contribution in [0.4, 0.5) is 0 Å². The van der Waals surface area contributed by atoms with Crippen molar-refractivity contribution < 1.29 is 9.90 Å². The Kier molecular flexibility index (Phi) is 4.90. The Hall–Kier alpha value is -1.12. The van der Waals surface area contributed by atoms with Gasteiger partial charge in [-0.2, -0.15) is 5.26 Å². The largest absolute Gasteiger partial charge is 0.396 e. The molecule has 0 spiro atoms. The number of likely N-dealkylation sites (tertiary alicyclic amines) is 1. The van der Waals surface area contributed by atoms with Gasteiger partial charge >= 0.3 is 0 Å². The molecule has 0 aromatic heterocycles. The second-order valence-corrected chi connectivity index (χ2v) is 6.90. The summed E-state index contributed by atoms with van der Waals surface area (Å²) < 4.78 is 0. The van der Waals surface area contributed by atoms with Gasteiger partial charge in [0.2, 0.25) is 5.91 Å². The smallest absolute Gasteiger partial charge is 0.241 e. The Morgan fingerprint density at radius 3 is 2.57 bits per heavy atom. The van der Waals surface area contributed by atoms with Crippen LogP contribution in [-0.2, 0) is 4.79 Å². The summed E-state index contributed by atoms with van der Waals surface area (Å²) in [5.41, 5.74) is 5.78. The first kappa shape index (κ1) is 16.3. The normalized spacial score (nSPS) is 33.5. The molecule has 4 atom stereocenters. The molecule has 0 bridgehead atoms. The van der Waals surface area contributed by atoms with Gasteiger partial charge in [-0.15, -0.1) is 0 Å². The van der Waals surface area contributed by atoms with Crippen LogP contribution in [-0.4, -0.2) is 40.6 Å². The molecular formula is C16H27N3O2. The summed E-state index contributed by atoms with van der Waals surface area (Å²) in [5, 5.41) is 19.1. The standard InChI is InChI=1S/C16H27N3O2/c1-11-8-13(9-17)19(12(11)2)15(21)14(18)16(10-20)6-4-3-5-7-16/h11-14,20H,3-8,10,18H2,1-2H3. The van der Waals surface area contributed by atoms with E-state index in [2.05, 4.69) is 13.0 Å². The molecule has 1 saturated heterocycles. The summed E-state index contributed by atoms with van der Waals surface area (Å²) in [6.07, 6.45) is 5.46. The number of hydrogen-bond donors (Lipinski definition) is 2. The zero-order valence-electron chi connectivity index (χ0n) is 13.1. The van der Waals surface area contributed by atoms with E-state index in [0.717, 1.165) is 32.1 Å². The zero-order valence-corrected chi connectivity index (χ0v) is 13.1. The number of nitrogens with two attached hydrogens (primary N) is 1. The number of carbonyl (C=O) groups excluding carboxylic acids is 1. The van der Waals surface area contributed by atoms with Crippen LogP contribution in [0.1, 0.15) is 52.4 Å². The predicted octanol–water partition coefficient (Wildman–Crippen LogP) is 1.41. The number of nitrogens with zero attached hydrogens (tertiary/aromatic N) is 2. The molecule has 1 heterocycles. The second kappa shape index (κ2) is 6.33. The number of hydrogen-bond acceptors (Lipinski definition) is 4. The lowest BCUT2D eigenvalue weighted by molar-refractivity contribution is -0.139. The maximum absolute atomic E-state index is 12.9. The molecule has 21 heavy (non-hydrogen) atoms. The topological polar surface area (TPSA) is 90.4 Å². The number of carbonyl (C=O) groups is 1. The van der Waals surface area contributed by atoms with Gasteiger partial charge < -0.3 is 15.7 Å². The van der Waals surface area contributed by atoms with E-state index in [-0.39, 0.29) is 24.6 Å². The van der Waals surface area contributed by atoms with E-state index >= 15 is 0 Å². The van der Waals surface area contributed by atoms with Crippen molar-refractivity contribution in [3.8, 4) is 6.07 Å². The van der Waals surface area contributed by atoms with Crippen LogP contribution in [0.15, 0.2) is 0 Å². The number of aliphatic hydroxyl groups is 1. The van der Waals surface area contributed by atoms with E-state index in [0.29, 0.717) is 12.3 Å². The minimum atomic E-state index is -0.702. The van der Waals surface area contributed by atoms with Crippen molar-refractivity contribution in [1.29, 1.82) is 5.26 Å². The Balaban J connectivity index is 2.20. The van der Waals surface area contributed by atoms with E-state index in [1.165, 1.54) is 0 Å². The van der Waals surface area contributed by atoms with Gasteiger partial charge in [0, 0.05) is 11.5 Å². The fourth-order valence-corrected chi connectivity index (χ4v) is 3.94. The highest BCUT2D eigenvalue weighted by atomic mass is 16.3. The van der Waals surface area contributed by atoms with Gasteiger partial charge in [0.25, 0.3) is 0 Å². The van der Waals surface area contributed by atoms with Gasteiger partial charge in [-0.3, -0.25) is 4.79 Å². The molecule has 0 radical (unpaired) electrons. The van der Waals surface area contributed by atoms with Gasteiger partial charge in [-0.25, -0.2) is 0 Å². The van der Waals surface area contributed by atoms with Gasteiger partial charge in [0.1, 0.15) is 6.04 Å². The molecule has 1 aliphatic heterocycles. The van der Waals surface area contributed by atoms with E-state index in [4.69, 9.17) is 5.73 Å². The summed E-state index contributed by atoms with van der Waals surface area (Å²) in [7, 11) is 0. The van der Waals surface area contributed by atoms with Crippen LogP contribution in [0.2, 0.25) is 0 Å². The van der Waals surface area contributed by atoms with Gasteiger partial charge in [-0.05, 0) is 32.1 Å². The third-order valence-electron chi connectivity index (χ3n) is 5.69. The van der Waals surface area contributed by atoms with Gasteiger partial charge in [0.15, 0.2) is 0 Å². The van der Waals surface area contributed by atoms with Crippen molar-refractivity contribution in [2.24, 2.45) is 17.1 Å². The number of rotatable bonds is 3. The molecule has 2 rings (SSSR count). The lowest BCUT2D eigenvalue weighted by atomic mass is 9.69. The van der Waals surface area contributed by atoms with Crippen molar-refractivity contribution in [3.05, 3.63) is 0 Å². The lowest BCUT2D eigenvalue weighted by Crippen LogP contribution is -2.57. The van der Waals surface area contributed by atoms with Crippen LogP contribution in [0.3, 0.4) is 0 Å². The quantitative estimate of drug-likeness (QED) is 0.823. The van der Waals surface area contributed by atoms with E-state index in [1.807, 2.05) is 6.92 Å². The minimum absolute atomic E-state index is 0.0348. The number of amides is 1. The van der Waals surface area contributed by atoms with Crippen molar-refractivity contribution in [1.82, 2.24) is 4.90 Å². The Bertz CT molecular complexity index is 426. The monoisotopic (exact) mass is 293 g/mol. The highest BCUT2D eigenvalue weighted by Gasteiger charge is 2.47. The fraction of sp³-hybridized carbons (Fsp3) is 0.875. The summed E-state index contributed by atoms with van der Waals surface area (Å²) in [6, 6.07) is 1.18. The lowest BCUT2D eigenvalue weighted by Gasteiger charge is -2.42. The van der Waals surface area contributed by atoms with E-state index in [9.17, 15) is 15.2 Å². The van der Waals surface area contributed by atoms with Crippen molar-refractivity contribution in [2.75, 3.05) is 6.61 Å². The molecule has 4 unspecified atom stereocenters.